The van der Waals surface area contributed by atoms with Crippen molar-refractivity contribution in [3.8, 4) is 6.07 Å². The van der Waals surface area contributed by atoms with E-state index in [0.717, 1.165) is 19.2 Å². The van der Waals surface area contributed by atoms with Crippen LogP contribution in [0.15, 0.2) is 17.0 Å². The Bertz CT molecular complexity index is 564. The van der Waals surface area contributed by atoms with E-state index in [4.69, 9.17) is 5.26 Å². The molecule has 0 aliphatic carbocycles. The smallest absolute Gasteiger partial charge is 0.446 e. The summed E-state index contributed by atoms with van der Waals surface area (Å²) in [6, 6.07) is 3.58. The second-order valence-corrected chi connectivity index (χ2v) is 4.29. The first-order chi connectivity index (χ1) is 8.82. The highest BCUT2D eigenvalue weighted by Gasteiger charge is 2.33. The molecule has 0 aliphatic heterocycles. The molecule has 0 fully saturated rings. The van der Waals surface area contributed by atoms with Gasteiger partial charge in [-0.05, 0) is 23.9 Å². The van der Waals surface area contributed by atoms with Crippen molar-refractivity contribution in [3.63, 3.8) is 0 Å². The number of methoxy groups -OCH3 is 1. The number of alkyl halides is 3. The van der Waals surface area contributed by atoms with E-state index >= 15 is 0 Å². The van der Waals surface area contributed by atoms with Crippen molar-refractivity contribution in [1.29, 1.82) is 5.26 Å². The fourth-order valence-corrected chi connectivity index (χ4v) is 2.00. The van der Waals surface area contributed by atoms with Crippen LogP contribution < -0.4 is 0 Å². The summed E-state index contributed by atoms with van der Waals surface area (Å²) in [4.78, 5) is 21.7. The summed E-state index contributed by atoms with van der Waals surface area (Å²) in [5.41, 5.74) is -5.63. The van der Waals surface area contributed by atoms with Crippen LogP contribution in [-0.4, -0.2) is 24.9 Å². The van der Waals surface area contributed by atoms with E-state index in [1.807, 2.05) is 0 Å². The zero-order chi connectivity index (χ0) is 14.6. The van der Waals surface area contributed by atoms with Gasteiger partial charge in [-0.25, -0.2) is 4.79 Å². The molecule has 0 amide bonds. The summed E-state index contributed by atoms with van der Waals surface area (Å²) < 4.78 is 41.6. The Morgan fingerprint density at radius 1 is 1.47 bits per heavy atom. The van der Waals surface area contributed by atoms with Gasteiger partial charge in [-0.3, -0.25) is 4.79 Å². The molecular weight excluding hydrogens is 283 g/mol. The first kappa shape index (κ1) is 15.0. The SMILES string of the molecule is COC(=O)c1cc(C#N)cc(C=O)c1SC(F)(F)F. The molecule has 0 saturated heterocycles. The zero-order valence-electron chi connectivity index (χ0n) is 9.45. The summed E-state index contributed by atoms with van der Waals surface area (Å²) in [5, 5.41) is 8.71. The fourth-order valence-electron chi connectivity index (χ4n) is 1.29. The second-order valence-electron chi connectivity index (χ2n) is 3.21. The number of ether oxygens (including phenoxy) is 1. The Morgan fingerprint density at radius 2 is 2.11 bits per heavy atom. The summed E-state index contributed by atoms with van der Waals surface area (Å²) in [7, 11) is 0.990. The van der Waals surface area contributed by atoms with Gasteiger partial charge in [0.25, 0.3) is 0 Å². The van der Waals surface area contributed by atoms with Crippen LogP contribution in [0.1, 0.15) is 26.3 Å². The van der Waals surface area contributed by atoms with Gasteiger partial charge in [0.15, 0.2) is 6.29 Å². The van der Waals surface area contributed by atoms with Crippen LogP contribution in [-0.2, 0) is 4.74 Å². The second kappa shape index (κ2) is 5.75. The molecule has 0 N–H and O–H groups in total. The summed E-state index contributed by atoms with van der Waals surface area (Å²) >= 11 is -0.600. The van der Waals surface area contributed by atoms with Crippen LogP contribution in [0.3, 0.4) is 0 Å². The van der Waals surface area contributed by atoms with Gasteiger partial charge in [-0.2, -0.15) is 18.4 Å². The standard InChI is InChI=1S/C11H6F3NO3S/c1-18-10(17)8-3-6(4-15)2-7(5-16)9(8)19-11(12,13)14/h2-3,5H,1H3. The van der Waals surface area contributed by atoms with E-state index in [1.165, 1.54) is 0 Å². The Balaban J connectivity index is 3.51. The monoisotopic (exact) mass is 289 g/mol. The molecule has 0 bridgehead atoms. The number of carbonyl (C=O) groups excluding carboxylic acids is 2. The van der Waals surface area contributed by atoms with Gasteiger partial charge in [-0.15, -0.1) is 0 Å². The summed E-state index contributed by atoms with van der Waals surface area (Å²) in [6.07, 6.45) is 0.154. The minimum Gasteiger partial charge on any atom is -0.465 e. The number of esters is 1. The van der Waals surface area contributed by atoms with Crippen molar-refractivity contribution < 1.29 is 27.5 Å². The molecule has 0 saturated carbocycles. The van der Waals surface area contributed by atoms with Crippen molar-refractivity contribution in [2.45, 2.75) is 10.4 Å². The maximum atomic E-state index is 12.4. The minimum absolute atomic E-state index is 0.103. The first-order valence-electron chi connectivity index (χ1n) is 4.69. The van der Waals surface area contributed by atoms with Crippen LogP contribution in [0.5, 0.6) is 0 Å². The maximum Gasteiger partial charge on any atom is 0.446 e. The van der Waals surface area contributed by atoms with Gasteiger partial charge in [0.1, 0.15) is 0 Å². The van der Waals surface area contributed by atoms with Crippen molar-refractivity contribution in [2.75, 3.05) is 7.11 Å². The van der Waals surface area contributed by atoms with E-state index in [1.54, 1.807) is 6.07 Å². The number of hydrogen-bond donors (Lipinski definition) is 0. The molecule has 0 unspecified atom stereocenters. The lowest BCUT2D eigenvalue weighted by Crippen LogP contribution is -2.09. The number of benzene rings is 1. The summed E-state index contributed by atoms with van der Waals surface area (Å²) in [5.74, 6) is -1.05. The molecule has 1 aromatic rings. The molecule has 0 atom stereocenters. The van der Waals surface area contributed by atoms with Crippen LogP contribution in [0, 0.1) is 11.3 Å². The van der Waals surface area contributed by atoms with E-state index in [-0.39, 0.29) is 17.4 Å². The molecule has 4 nitrogen and oxygen atoms in total. The van der Waals surface area contributed by atoms with E-state index in [2.05, 4.69) is 4.74 Å². The Hall–Kier alpha value is -2.01. The minimum atomic E-state index is -4.67. The molecule has 0 spiro atoms. The highest BCUT2D eigenvalue weighted by molar-refractivity contribution is 8.00. The van der Waals surface area contributed by atoms with Crippen LogP contribution >= 0.6 is 11.8 Å². The number of hydrogen-bond acceptors (Lipinski definition) is 5. The quantitative estimate of drug-likeness (QED) is 0.486. The number of thioether (sulfide) groups is 1. The first-order valence-corrected chi connectivity index (χ1v) is 5.51. The van der Waals surface area contributed by atoms with Crippen molar-refractivity contribution in [2.24, 2.45) is 0 Å². The van der Waals surface area contributed by atoms with Crippen molar-refractivity contribution >= 4 is 24.0 Å². The third-order valence-electron chi connectivity index (χ3n) is 2.00. The molecule has 0 aliphatic rings. The van der Waals surface area contributed by atoms with Gasteiger partial charge < -0.3 is 4.74 Å². The Morgan fingerprint density at radius 3 is 2.53 bits per heavy atom. The van der Waals surface area contributed by atoms with Crippen LogP contribution in [0.4, 0.5) is 13.2 Å². The predicted octanol–water partition coefficient (Wildman–Crippen LogP) is 2.77. The Kier molecular flexibility index (Phi) is 4.56. The predicted molar refractivity (Wildman–Crippen MR) is 59.8 cm³/mol. The summed E-state index contributed by atoms with van der Waals surface area (Å²) in [6.45, 7) is 0. The lowest BCUT2D eigenvalue weighted by molar-refractivity contribution is -0.0328. The van der Waals surface area contributed by atoms with E-state index < -0.39 is 33.7 Å². The molecule has 19 heavy (non-hydrogen) atoms. The third-order valence-corrected chi connectivity index (χ3v) is 2.89. The largest absolute Gasteiger partial charge is 0.465 e. The van der Waals surface area contributed by atoms with Crippen molar-refractivity contribution in [3.05, 3.63) is 28.8 Å². The normalized spacial score (nSPS) is 10.7. The highest BCUT2D eigenvalue weighted by atomic mass is 32.2. The van der Waals surface area contributed by atoms with E-state index in [9.17, 15) is 22.8 Å². The lowest BCUT2D eigenvalue weighted by Gasteiger charge is -2.12. The molecule has 0 heterocycles. The maximum absolute atomic E-state index is 12.4. The van der Waals surface area contributed by atoms with Crippen LogP contribution in [0.25, 0.3) is 0 Å². The van der Waals surface area contributed by atoms with Gasteiger partial charge in [0, 0.05) is 10.5 Å². The highest BCUT2D eigenvalue weighted by Crippen LogP contribution is 2.40. The zero-order valence-corrected chi connectivity index (χ0v) is 10.3. The number of halogens is 3. The van der Waals surface area contributed by atoms with E-state index in [0.29, 0.717) is 0 Å². The van der Waals surface area contributed by atoms with Gasteiger partial charge in [0.05, 0.1) is 24.3 Å². The van der Waals surface area contributed by atoms with Gasteiger partial charge in [-0.1, -0.05) is 0 Å². The Labute approximate surface area is 110 Å². The molecule has 0 radical (unpaired) electrons. The fraction of sp³-hybridized carbons (Fsp3) is 0.182. The molecule has 8 heteroatoms. The third kappa shape index (κ3) is 3.72. The van der Waals surface area contributed by atoms with Crippen molar-refractivity contribution in [1.82, 2.24) is 0 Å². The number of nitrogens with zero attached hydrogens (tertiary/aromatic N) is 1. The molecule has 100 valence electrons. The van der Waals surface area contributed by atoms with Gasteiger partial charge >= 0.3 is 11.5 Å². The number of aldehydes is 1. The lowest BCUT2D eigenvalue weighted by atomic mass is 10.1. The average Bonchev–Trinajstić information content (AvgIpc) is 2.36. The molecular formula is C11H6F3NO3S. The average molecular weight is 289 g/mol. The number of nitriles is 1. The number of rotatable bonds is 3. The van der Waals surface area contributed by atoms with Crippen LogP contribution in [0.2, 0.25) is 0 Å². The molecule has 0 aromatic heterocycles. The molecule has 1 rings (SSSR count). The topological polar surface area (TPSA) is 67.2 Å². The molecule has 1 aromatic carbocycles. The van der Waals surface area contributed by atoms with Gasteiger partial charge in [0.2, 0.25) is 0 Å². The number of carbonyl (C=O) groups is 2.